The van der Waals surface area contributed by atoms with Crippen molar-refractivity contribution in [2.24, 2.45) is 0 Å². The highest BCUT2D eigenvalue weighted by atomic mass is 15.1. The molecule has 0 radical (unpaired) electrons. The van der Waals surface area contributed by atoms with E-state index in [-0.39, 0.29) is 0 Å². The van der Waals surface area contributed by atoms with E-state index in [2.05, 4.69) is 228 Å². The van der Waals surface area contributed by atoms with Gasteiger partial charge in [-0.25, -0.2) is 0 Å². The van der Waals surface area contributed by atoms with E-state index in [1.165, 1.54) is 76.4 Å². The zero-order valence-corrected chi connectivity index (χ0v) is 30.7. The Morgan fingerprint density at radius 2 is 0.839 bits per heavy atom. The fraction of sp³-hybridized carbons (Fsp3) is 0. The molecule has 0 amide bonds. The summed E-state index contributed by atoms with van der Waals surface area (Å²) in [5.41, 5.74) is 11.8. The van der Waals surface area contributed by atoms with Crippen molar-refractivity contribution >= 4 is 71.2 Å². The molecule has 0 saturated carbocycles. The lowest BCUT2D eigenvalue weighted by atomic mass is 9.85. The number of fused-ring (bicyclic) bond motifs is 7. The van der Waals surface area contributed by atoms with Gasteiger partial charge >= 0.3 is 0 Å². The summed E-state index contributed by atoms with van der Waals surface area (Å²) >= 11 is 0. The van der Waals surface area contributed by atoms with Crippen molar-refractivity contribution in [2.45, 2.75) is 0 Å². The summed E-state index contributed by atoms with van der Waals surface area (Å²) in [7, 11) is 0. The Morgan fingerprint density at radius 1 is 0.321 bits per heavy atom. The van der Waals surface area contributed by atoms with E-state index < -0.39 is 0 Å². The molecule has 11 aromatic rings. The van der Waals surface area contributed by atoms with Gasteiger partial charge in [0.2, 0.25) is 0 Å². The standard InChI is InChI=1S/C54H36N2/c1-4-19-38(20-5-1)52-45-28-13-12-27-43(45)44-35-34-41(36-47(44)53(52)39-21-6-2-7-22-39)56(48-31-16-23-37-18-10-11-26-42(37)48)51-33-17-32-50-54(51)46-29-14-15-30-49(46)55(50)40-24-8-3-9-25-40/h1-36H. The molecule has 0 N–H and O–H groups in total. The van der Waals surface area contributed by atoms with Crippen molar-refractivity contribution in [1.29, 1.82) is 0 Å². The van der Waals surface area contributed by atoms with Gasteiger partial charge in [-0.2, -0.15) is 0 Å². The number of para-hydroxylation sites is 2. The Bertz CT molecular complexity index is 3230. The zero-order valence-electron chi connectivity index (χ0n) is 30.7. The van der Waals surface area contributed by atoms with E-state index in [0.717, 1.165) is 22.7 Å². The lowest BCUT2D eigenvalue weighted by Crippen LogP contribution is -2.11. The van der Waals surface area contributed by atoms with Gasteiger partial charge in [0.15, 0.2) is 0 Å². The highest BCUT2D eigenvalue weighted by Crippen LogP contribution is 2.49. The molecule has 0 saturated heterocycles. The van der Waals surface area contributed by atoms with Crippen LogP contribution in [0, 0.1) is 0 Å². The number of nitrogens with zero attached hydrogens (tertiary/aromatic N) is 2. The second-order valence-electron chi connectivity index (χ2n) is 14.5. The number of rotatable bonds is 6. The molecule has 1 heterocycles. The largest absolute Gasteiger partial charge is 0.309 e. The highest BCUT2D eigenvalue weighted by molar-refractivity contribution is 6.23. The summed E-state index contributed by atoms with van der Waals surface area (Å²) in [6, 6.07) is 79.5. The van der Waals surface area contributed by atoms with Crippen LogP contribution in [0.1, 0.15) is 0 Å². The predicted molar refractivity (Wildman–Crippen MR) is 239 cm³/mol. The van der Waals surface area contributed by atoms with Crippen LogP contribution in [-0.2, 0) is 0 Å². The summed E-state index contributed by atoms with van der Waals surface area (Å²) in [6.45, 7) is 0. The third kappa shape index (κ3) is 5.04. The first-order valence-electron chi connectivity index (χ1n) is 19.3. The molecule has 0 aliphatic carbocycles. The van der Waals surface area contributed by atoms with Gasteiger partial charge in [-0.05, 0) is 97.7 Å². The van der Waals surface area contributed by atoms with Gasteiger partial charge in [0.1, 0.15) is 0 Å². The average Bonchev–Trinajstić information content (AvgIpc) is 3.62. The Morgan fingerprint density at radius 3 is 1.59 bits per heavy atom. The van der Waals surface area contributed by atoms with Crippen LogP contribution >= 0.6 is 0 Å². The summed E-state index contributed by atoms with van der Waals surface area (Å²) in [5, 5.41) is 9.79. The van der Waals surface area contributed by atoms with Crippen LogP contribution in [0.5, 0.6) is 0 Å². The van der Waals surface area contributed by atoms with Crippen LogP contribution in [0.4, 0.5) is 17.1 Å². The lowest BCUT2D eigenvalue weighted by molar-refractivity contribution is 1.18. The van der Waals surface area contributed by atoms with Crippen LogP contribution in [0.3, 0.4) is 0 Å². The van der Waals surface area contributed by atoms with Crippen LogP contribution in [0.2, 0.25) is 0 Å². The minimum atomic E-state index is 1.10. The molecular formula is C54H36N2. The SMILES string of the molecule is c1ccc(-c2c(-c3ccccc3)c3cc(N(c4cccc5ccccc45)c4cccc5c4c4ccccc4n5-c4ccccc4)ccc3c3ccccc23)cc1. The number of anilines is 3. The fourth-order valence-corrected chi connectivity index (χ4v) is 8.98. The van der Waals surface area contributed by atoms with Gasteiger partial charge in [-0.15, -0.1) is 0 Å². The van der Waals surface area contributed by atoms with Gasteiger partial charge in [-0.3, -0.25) is 0 Å². The van der Waals surface area contributed by atoms with Crippen molar-refractivity contribution in [3.05, 3.63) is 218 Å². The van der Waals surface area contributed by atoms with Gasteiger partial charge < -0.3 is 9.47 Å². The van der Waals surface area contributed by atoms with E-state index >= 15 is 0 Å². The molecule has 0 aliphatic rings. The molecule has 10 aromatic carbocycles. The first-order valence-corrected chi connectivity index (χ1v) is 19.3. The minimum absolute atomic E-state index is 1.10. The lowest BCUT2D eigenvalue weighted by Gasteiger charge is -2.29. The number of hydrogen-bond acceptors (Lipinski definition) is 1. The highest BCUT2D eigenvalue weighted by Gasteiger charge is 2.24. The Labute approximate surface area is 325 Å². The number of benzene rings is 10. The fourth-order valence-electron chi connectivity index (χ4n) is 8.98. The second kappa shape index (κ2) is 13.2. The Kier molecular flexibility index (Phi) is 7.53. The van der Waals surface area contributed by atoms with Crippen molar-refractivity contribution in [3.8, 4) is 27.9 Å². The smallest absolute Gasteiger partial charge is 0.0562 e. The monoisotopic (exact) mass is 712 g/mol. The van der Waals surface area contributed by atoms with Crippen LogP contribution in [0.25, 0.3) is 82.1 Å². The Hall–Kier alpha value is -7.42. The number of hydrogen-bond donors (Lipinski definition) is 0. The van der Waals surface area contributed by atoms with E-state index in [4.69, 9.17) is 0 Å². The molecule has 11 rings (SSSR count). The molecule has 0 atom stereocenters. The molecule has 0 fully saturated rings. The molecule has 0 bridgehead atoms. The third-order valence-electron chi connectivity index (χ3n) is 11.3. The predicted octanol–water partition coefficient (Wildman–Crippen LogP) is 15.0. The molecular weight excluding hydrogens is 677 g/mol. The molecule has 0 aliphatic heterocycles. The quantitative estimate of drug-likeness (QED) is 0.156. The first kappa shape index (κ1) is 32.0. The first-order chi connectivity index (χ1) is 27.8. The van der Waals surface area contributed by atoms with E-state index in [1.807, 2.05) is 0 Å². The third-order valence-corrected chi connectivity index (χ3v) is 11.3. The summed E-state index contributed by atoms with van der Waals surface area (Å²) in [5.74, 6) is 0. The molecule has 0 spiro atoms. The zero-order chi connectivity index (χ0) is 37.0. The molecule has 262 valence electrons. The van der Waals surface area contributed by atoms with Crippen molar-refractivity contribution in [3.63, 3.8) is 0 Å². The summed E-state index contributed by atoms with van der Waals surface area (Å²) in [6.07, 6.45) is 0. The number of aromatic nitrogens is 1. The van der Waals surface area contributed by atoms with E-state index in [9.17, 15) is 0 Å². The summed E-state index contributed by atoms with van der Waals surface area (Å²) < 4.78 is 2.40. The van der Waals surface area contributed by atoms with Crippen LogP contribution < -0.4 is 4.90 Å². The van der Waals surface area contributed by atoms with Crippen molar-refractivity contribution in [1.82, 2.24) is 4.57 Å². The molecule has 0 unspecified atom stereocenters. The maximum absolute atomic E-state index is 2.50. The minimum Gasteiger partial charge on any atom is -0.309 e. The van der Waals surface area contributed by atoms with E-state index in [0.29, 0.717) is 0 Å². The van der Waals surface area contributed by atoms with E-state index in [1.54, 1.807) is 0 Å². The average molecular weight is 713 g/mol. The molecule has 2 nitrogen and oxygen atoms in total. The molecule has 2 heteroatoms. The van der Waals surface area contributed by atoms with Crippen molar-refractivity contribution < 1.29 is 0 Å². The maximum atomic E-state index is 2.50. The topological polar surface area (TPSA) is 8.17 Å². The second-order valence-corrected chi connectivity index (χ2v) is 14.5. The van der Waals surface area contributed by atoms with Gasteiger partial charge in [0, 0.05) is 27.5 Å². The van der Waals surface area contributed by atoms with Gasteiger partial charge in [0.05, 0.1) is 22.4 Å². The summed E-state index contributed by atoms with van der Waals surface area (Å²) in [4.78, 5) is 2.50. The maximum Gasteiger partial charge on any atom is 0.0562 e. The Balaban J connectivity index is 1.28. The van der Waals surface area contributed by atoms with Crippen LogP contribution in [-0.4, -0.2) is 4.57 Å². The van der Waals surface area contributed by atoms with Crippen molar-refractivity contribution in [2.75, 3.05) is 4.90 Å². The molecule has 56 heavy (non-hydrogen) atoms. The van der Waals surface area contributed by atoms with Crippen LogP contribution in [0.15, 0.2) is 218 Å². The van der Waals surface area contributed by atoms with Gasteiger partial charge in [-0.1, -0.05) is 170 Å². The normalized spacial score (nSPS) is 11.6. The van der Waals surface area contributed by atoms with Gasteiger partial charge in [0.25, 0.3) is 0 Å². The molecule has 1 aromatic heterocycles.